The van der Waals surface area contributed by atoms with Gasteiger partial charge in [0, 0.05) is 17.0 Å². The summed E-state index contributed by atoms with van der Waals surface area (Å²) in [5.74, 6) is 0.310. The molecule has 3 aromatic rings. The predicted molar refractivity (Wildman–Crippen MR) is 56.1 cm³/mol. The molecule has 0 fully saturated rings. The van der Waals surface area contributed by atoms with Crippen molar-refractivity contribution in [2.75, 3.05) is 5.73 Å². The van der Waals surface area contributed by atoms with Crippen LogP contribution in [0.3, 0.4) is 0 Å². The molecule has 0 bridgehead atoms. The molecule has 0 amide bonds. The van der Waals surface area contributed by atoms with Crippen molar-refractivity contribution >= 4 is 16.9 Å². The first-order valence-electron chi connectivity index (χ1n) is 4.53. The van der Waals surface area contributed by atoms with Gasteiger partial charge in [-0.25, -0.2) is 0 Å². The molecule has 0 aliphatic carbocycles. The second-order valence-electron chi connectivity index (χ2n) is 3.29. The maximum Gasteiger partial charge on any atom is 0.222 e. The number of rotatable bonds is 1. The molecule has 0 saturated heterocycles. The van der Waals surface area contributed by atoms with Gasteiger partial charge in [0.25, 0.3) is 0 Å². The Balaban J connectivity index is 2.18. The number of nitrogen functional groups attached to an aromatic ring is 1. The maximum atomic E-state index is 5.46. The molecule has 0 unspecified atom stereocenters. The second kappa shape index (κ2) is 2.88. The Morgan fingerprint density at radius 3 is 2.87 bits per heavy atom. The van der Waals surface area contributed by atoms with Crippen LogP contribution in [-0.4, -0.2) is 5.16 Å². The SMILES string of the molecule is Nc1cc(-c2ccc3ccoc3c2)no1. The fourth-order valence-corrected chi connectivity index (χ4v) is 1.54. The average Bonchev–Trinajstić information content (AvgIpc) is 2.84. The van der Waals surface area contributed by atoms with Crippen LogP contribution in [0.2, 0.25) is 0 Å². The van der Waals surface area contributed by atoms with E-state index in [1.807, 2.05) is 24.3 Å². The largest absolute Gasteiger partial charge is 0.464 e. The number of benzene rings is 1. The standard InChI is InChI=1S/C11H8N2O2/c12-11-6-9(13-15-11)8-2-1-7-3-4-14-10(7)5-8/h1-6H,12H2. The molecular weight excluding hydrogens is 192 g/mol. The van der Waals surface area contributed by atoms with Gasteiger partial charge in [-0.1, -0.05) is 17.3 Å². The van der Waals surface area contributed by atoms with Gasteiger partial charge in [0.1, 0.15) is 11.3 Å². The predicted octanol–water partition coefficient (Wildman–Crippen LogP) is 2.67. The third-order valence-corrected chi connectivity index (χ3v) is 2.28. The Morgan fingerprint density at radius 2 is 2.07 bits per heavy atom. The Morgan fingerprint density at radius 1 is 1.13 bits per heavy atom. The molecule has 15 heavy (non-hydrogen) atoms. The highest BCUT2D eigenvalue weighted by atomic mass is 16.5. The van der Waals surface area contributed by atoms with Crippen molar-refractivity contribution in [2.45, 2.75) is 0 Å². The molecule has 4 nitrogen and oxygen atoms in total. The van der Waals surface area contributed by atoms with Crippen LogP contribution in [0.25, 0.3) is 22.2 Å². The van der Waals surface area contributed by atoms with Gasteiger partial charge in [0.2, 0.25) is 5.88 Å². The highest BCUT2D eigenvalue weighted by molar-refractivity contribution is 5.82. The quantitative estimate of drug-likeness (QED) is 0.655. The van der Waals surface area contributed by atoms with Crippen molar-refractivity contribution in [3.63, 3.8) is 0 Å². The number of hydrogen-bond donors (Lipinski definition) is 1. The smallest absolute Gasteiger partial charge is 0.222 e. The molecule has 2 heterocycles. The zero-order chi connectivity index (χ0) is 10.3. The minimum Gasteiger partial charge on any atom is -0.464 e. The summed E-state index contributed by atoms with van der Waals surface area (Å²) >= 11 is 0. The molecule has 0 radical (unpaired) electrons. The minimum absolute atomic E-state index is 0.310. The first kappa shape index (κ1) is 8.11. The van der Waals surface area contributed by atoms with Crippen molar-refractivity contribution in [3.05, 3.63) is 36.6 Å². The number of nitrogens with two attached hydrogens (primary N) is 1. The molecule has 1 aromatic carbocycles. The highest BCUT2D eigenvalue weighted by Crippen LogP contribution is 2.25. The number of anilines is 1. The number of fused-ring (bicyclic) bond motifs is 1. The zero-order valence-corrected chi connectivity index (χ0v) is 7.81. The summed E-state index contributed by atoms with van der Waals surface area (Å²) in [6, 6.07) is 9.43. The van der Waals surface area contributed by atoms with Crippen LogP contribution in [-0.2, 0) is 0 Å². The summed E-state index contributed by atoms with van der Waals surface area (Å²) in [5, 5.41) is 4.90. The fourth-order valence-electron chi connectivity index (χ4n) is 1.54. The molecule has 0 spiro atoms. The maximum absolute atomic E-state index is 5.46. The third kappa shape index (κ3) is 1.27. The summed E-state index contributed by atoms with van der Waals surface area (Å²) < 4.78 is 10.1. The lowest BCUT2D eigenvalue weighted by Crippen LogP contribution is -1.77. The van der Waals surface area contributed by atoms with Gasteiger partial charge in [0.15, 0.2) is 0 Å². The van der Waals surface area contributed by atoms with Crippen LogP contribution in [0, 0.1) is 0 Å². The van der Waals surface area contributed by atoms with Crippen LogP contribution in [0.5, 0.6) is 0 Å². The Bertz CT molecular complexity index is 610. The van der Waals surface area contributed by atoms with Crippen LogP contribution >= 0.6 is 0 Å². The van der Waals surface area contributed by atoms with E-state index >= 15 is 0 Å². The van der Waals surface area contributed by atoms with Gasteiger partial charge >= 0.3 is 0 Å². The Hall–Kier alpha value is -2.23. The van der Waals surface area contributed by atoms with Gasteiger partial charge in [0.05, 0.1) is 6.26 Å². The van der Waals surface area contributed by atoms with E-state index in [4.69, 9.17) is 14.7 Å². The van der Waals surface area contributed by atoms with E-state index in [9.17, 15) is 0 Å². The van der Waals surface area contributed by atoms with Gasteiger partial charge in [-0.2, -0.15) is 0 Å². The first-order chi connectivity index (χ1) is 7.33. The average molecular weight is 200 g/mol. The number of aromatic nitrogens is 1. The minimum atomic E-state index is 0.310. The summed E-state index contributed by atoms with van der Waals surface area (Å²) in [5.41, 5.74) is 7.93. The van der Waals surface area contributed by atoms with Gasteiger partial charge < -0.3 is 14.7 Å². The molecule has 2 N–H and O–H groups in total. The lowest BCUT2D eigenvalue weighted by Gasteiger charge is -1.94. The molecular formula is C11H8N2O2. The monoisotopic (exact) mass is 200 g/mol. The summed E-state index contributed by atoms with van der Waals surface area (Å²) in [4.78, 5) is 0. The van der Waals surface area contributed by atoms with Crippen LogP contribution in [0.1, 0.15) is 0 Å². The molecule has 4 heteroatoms. The van der Waals surface area contributed by atoms with Crippen molar-refractivity contribution in [2.24, 2.45) is 0 Å². The van der Waals surface area contributed by atoms with E-state index in [1.54, 1.807) is 12.3 Å². The Labute approximate surface area is 85.3 Å². The summed E-state index contributed by atoms with van der Waals surface area (Å²) in [6.07, 6.45) is 1.66. The van der Waals surface area contributed by atoms with Crippen molar-refractivity contribution < 1.29 is 8.94 Å². The van der Waals surface area contributed by atoms with E-state index in [-0.39, 0.29) is 0 Å². The lowest BCUT2D eigenvalue weighted by atomic mass is 10.1. The Kier molecular flexibility index (Phi) is 1.56. The van der Waals surface area contributed by atoms with E-state index in [0.717, 1.165) is 16.5 Å². The lowest BCUT2D eigenvalue weighted by molar-refractivity contribution is 0.439. The van der Waals surface area contributed by atoms with Crippen molar-refractivity contribution in [1.82, 2.24) is 5.16 Å². The summed E-state index contributed by atoms with van der Waals surface area (Å²) in [6.45, 7) is 0. The molecule has 0 saturated carbocycles. The zero-order valence-electron chi connectivity index (χ0n) is 7.81. The number of nitrogens with zero attached hydrogens (tertiary/aromatic N) is 1. The fraction of sp³-hybridized carbons (Fsp3) is 0. The molecule has 74 valence electrons. The molecule has 3 rings (SSSR count). The van der Waals surface area contributed by atoms with Crippen LogP contribution in [0.4, 0.5) is 5.88 Å². The summed E-state index contributed by atoms with van der Waals surface area (Å²) in [7, 11) is 0. The molecule has 0 aliphatic heterocycles. The van der Waals surface area contributed by atoms with Crippen LogP contribution < -0.4 is 5.73 Å². The van der Waals surface area contributed by atoms with Crippen LogP contribution in [0.15, 0.2) is 45.5 Å². The highest BCUT2D eigenvalue weighted by Gasteiger charge is 2.05. The third-order valence-electron chi connectivity index (χ3n) is 2.28. The molecule has 0 aliphatic rings. The van der Waals surface area contributed by atoms with Gasteiger partial charge in [-0.15, -0.1) is 0 Å². The van der Waals surface area contributed by atoms with E-state index < -0.39 is 0 Å². The topological polar surface area (TPSA) is 65.2 Å². The number of furan rings is 1. The first-order valence-corrected chi connectivity index (χ1v) is 4.53. The van der Waals surface area contributed by atoms with Crippen molar-refractivity contribution in [3.8, 4) is 11.3 Å². The van der Waals surface area contributed by atoms with E-state index in [2.05, 4.69) is 5.16 Å². The molecule has 0 atom stereocenters. The van der Waals surface area contributed by atoms with Gasteiger partial charge in [-0.3, -0.25) is 0 Å². The van der Waals surface area contributed by atoms with E-state index in [1.165, 1.54) is 0 Å². The van der Waals surface area contributed by atoms with E-state index in [0.29, 0.717) is 11.6 Å². The van der Waals surface area contributed by atoms with Gasteiger partial charge in [-0.05, 0) is 12.1 Å². The normalized spacial score (nSPS) is 10.9. The van der Waals surface area contributed by atoms with Crippen molar-refractivity contribution in [1.29, 1.82) is 0 Å². The molecule has 2 aromatic heterocycles. The number of hydrogen-bond acceptors (Lipinski definition) is 4. The second-order valence-corrected chi connectivity index (χ2v) is 3.29.